The Morgan fingerprint density at radius 2 is 1.82 bits per heavy atom. The second-order valence-electron chi connectivity index (χ2n) is 3.18. The van der Waals surface area contributed by atoms with Gasteiger partial charge in [-0.05, 0) is 13.8 Å². The van der Waals surface area contributed by atoms with E-state index in [1.54, 1.807) is 13.8 Å². The Morgan fingerprint density at radius 3 is 1.91 bits per heavy atom. The third-order valence-electron chi connectivity index (χ3n) is 1.68. The van der Waals surface area contributed by atoms with Gasteiger partial charge in [-0.3, -0.25) is 0 Å². The minimum Gasteiger partial charge on any atom is -0.212 e. The zero-order valence-electron chi connectivity index (χ0n) is 7.26. The first-order valence-corrected chi connectivity index (χ1v) is 5.60. The fourth-order valence-corrected chi connectivity index (χ4v) is 1.75. The van der Waals surface area contributed by atoms with Crippen molar-refractivity contribution in [3.8, 4) is 0 Å². The van der Waals surface area contributed by atoms with Crippen LogP contribution in [-0.2, 0) is 10.0 Å². The van der Waals surface area contributed by atoms with Crippen molar-refractivity contribution in [2.24, 2.45) is 0 Å². The summed E-state index contributed by atoms with van der Waals surface area (Å²) in [5, 5.41) is 0. The molecule has 11 heavy (non-hydrogen) atoms. The van der Waals surface area contributed by atoms with E-state index in [9.17, 15) is 8.42 Å². The van der Waals surface area contributed by atoms with Crippen molar-refractivity contribution in [2.45, 2.75) is 19.4 Å². The van der Waals surface area contributed by atoms with Crippen molar-refractivity contribution in [1.29, 1.82) is 0 Å². The molecule has 0 fully saturated rings. The molecule has 0 spiro atoms. The molecule has 0 N–H and O–H groups in total. The summed E-state index contributed by atoms with van der Waals surface area (Å²) in [4.78, 5) is 0. The molecule has 0 aliphatic rings. The number of sulfonamides is 1. The molecule has 0 unspecified atom stereocenters. The van der Waals surface area contributed by atoms with Crippen LogP contribution in [0.1, 0.15) is 13.8 Å². The topological polar surface area (TPSA) is 37.4 Å². The lowest BCUT2D eigenvalue weighted by Crippen LogP contribution is -2.45. The van der Waals surface area contributed by atoms with Crippen molar-refractivity contribution in [1.82, 2.24) is 4.31 Å². The van der Waals surface area contributed by atoms with Crippen LogP contribution < -0.4 is 0 Å². The van der Waals surface area contributed by atoms with E-state index in [4.69, 9.17) is 11.6 Å². The average molecular weight is 200 g/mol. The Hall–Kier alpha value is 0.200. The summed E-state index contributed by atoms with van der Waals surface area (Å²) in [6, 6.07) is 0. The molecule has 0 aromatic rings. The smallest absolute Gasteiger partial charge is 0.211 e. The second-order valence-corrected chi connectivity index (χ2v) is 5.46. The van der Waals surface area contributed by atoms with Gasteiger partial charge in [-0.1, -0.05) is 0 Å². The lowest BCUT2D eigenvalue weighted by atomic mass is 10.1. The first-order valence-electron chi connectivity index (χ1n) is 3.22. The minimum atomic E-state index is -3.12. The van der Waals surface area contributed by atoms with Crippen molar-refractivity contribution in [3.05, 3.63) is 0 Å². The Bertz CT molecular complexity index is 223. The molecule has 0 heterocycles. The fraction of sp³-hybridized carbons (Fsp3) is 1.00. The number of alkyl halides is 1. The van der Waals surface area contributed by atoms with Crippen molar-refractivity contribution in [3.63, 3.8) is 0 Å². The summed E-state index contributed by atoms with van der Waals surface area (Å²) < 4.78 is 23.3. The van der Waals surface area contributed by atoms with Crippen LogP contribution >= 0.6 is 11.6 Å². The third kappa shape index (κ3) is 2.97. The van der Waals surface area contributed by atoms with Crippen LogP contribution in [0.25, 0.3) is 0 Å². The van der Waals surface area contributed by atoms with Gasteiger partial charge in [0.15, 0.2) is 0 Å². The van der Waals surface area contributed by atoms with Crippen LogP contribution in [0.2, 0.25) is 0 Å². The molecule has 0 aromatic heterocycles. The first-order chi connectivity index (χ1) is 4.72. The van der Waals surface area contributed by atoms with Crippen LogP contribution in [0.15, 0.2) is 0 Å². The van der Waals surface area contributed by atoms with Gasteiger partial charge in [-0.2, -0.15) is 4.31 Å². The van der Waals surface area contributed by atoms with Crippen LogP contribution in [0, 0.1) is 0 Å². The van der Waals surface area contributed by atoms with Crippen molar-refractivity contribution >= 4 is 21.6 Å². The van der Waals surface area contributed by atoms with E-state index in [0.29, 0.717) is 0 Å². The normalized spacial score (nSPS) is 14.0. The van der Waals surface area contributed by atoms with E-state index in [2.05, 4.69) is 0 Å². The van der Waals surface area contributed by atoms with Gasteiger partial charge in [0.2, 0.25) is 10.0 Å². The molecule has 0 atom stereocenters. The predicted octanol–water partition coefficient (Wildman–Crippen LogP) is 0.895. The van der Waals surface area contributed by atoms with E-state index >= 15 is 0 Å². The summed E-state index contributed by atoms with van der Waals surface area (Å²) in [7, 11) is -1.60. The highest BCUT2D eigenvalue weighted by atomic mass is 35.5. The Balaban J connectivity index is 4.63. The zero-order valence-corrected chi connectivity index (χ0v) is 8.83. The van der Waals surface area contributed by atoms with Crippen LogP contribution in [-0.4, -0.2) is 37.4 Å². The predicted molar refractivity (Wildman–Crippen MR) is 47.4 cm³/mol. The lowest BCUT2D eigenvalue weighted by Gasteiger charge is -2.31. The molecule has 3 nitrogen and oxygen atoms in total. The number of nitrogens with zero attached hydrogens (tertiary/aromatic N) is 1. The van der Waals surface area contributed by atoms with Gasteiger partial charge in [0, 0.05) is 18.5 Å². The first kappa shape index (κ1) is 11.2. The van der Waals surface area contributed by atoms with Crippen LogP contribution in [0.4, 0.5) is 0 Å². The molecule has 68 valence electrons. The molecule has 0 rings (SSSR count). The van der Waals surface area contributed by atoms with E-state index in [1.807, 2.05) is 0 Å². The summed E-state index contributed by atoms with van der Waals surface area (Å²) >= 11 is 5.59. The maximum absolute atomic E-state index is 11.0. The molecule has 0 amide bonds. The van der Waals surface area contributed by atoms with E-state index in [0.717, 1.165) is 0 Å². The molecule has 0 bridgehead atoms. The van der Waals surface area contributed by atoms with Crippen molar-refractivity contribution < 1.29 is 8.42 Å². The molecule has 0 aliphatic heterocycles. The molecule has 5 heteroatoms. The largest absolute Gasteiger partial charge is 0.212 e. The van der Waals surface area contributed by atoms with Gasteiger partial charge in [0.25, 0.3) is 0 Å². The fourth-order valence-electron chi connectivity index (χ4n) is 0.533. The van der Waals surface area contributed by atoms with Crippen molar-refractivity contribution in [2.75, 3.05) is 19.2 Å². The Kier molecular flexibility index (Phi) is 3.35. The van der Waals surface area contributed by atoms with Gasteiger partial charge in [0.05, 0.1) is 6.26 Å². The third-order valence-corrected chi connectivity index (χ3v) is 3.82. The Morgan fingerprint density at radius 1 is 1.45 bits per heavy atom. The summed E-state index contributed by atoms with van der Waals surface area (Å²) in [6.07, 6.45) is 1.17. The lowest BCUT2D eigenvalue weighted by molar-refractivity contribution is 0.298. The van der Waals surface area contributed by atoms with Gasteiger partial charge < -0.3 is 0 Å². The number of hydrogen-bond acceptors (Lipinski definition) is 2. The number of rotatable bonds is 3. The molecule has 0 aromatic carbocycles. The van der Waals surface area contributed by atoms with E-state index in [1.165, 1.54) is 17.6 Å². The monoisotopic (exact) mass is 199 g/mol. The second kappa shape index (κ2) is 3.29. The molecule has 0 saturated heterocycles. The summed E-state index contributed by atoms with van der Waals surface area (Å²) in [5.41, 5.74) is -0.505. The van der Waals surface area contributed by atoms with Gasteiger partial charge in [-0.25, -0.2) is 8.42 Å². The SMILES string of the molecule is CN(C(C)(C)CCl)S(C)(=O)=O. The number of hydrogen-bond donors (Lipinski definition) is 0. The highest BCUT2D eigenvalue weighted by Gasteiger charge is 2.28. The maximum Gasteiger partial charge on any atom is 0.211 e. The van der Waals surface area contributed by atoms with Gasteiger partial charge in [0.1, 0.15) is 0 Å². The average Bonchev–Trinajstić information content (AvgIpc) is 1.84. The molecular formula is C6H14ClNO2S. The van der Waals surface area contributed by atoms with Crippen LogP contribution in [0.5, 0.6) is 0 Å². The van der Waals surface area contributed by atoms with E-state index < -0.39 is 15.6 Å². The summed E-state index contributed by atoms with van der Waals surface area (Å²) in [6.45, 7) is 3.56. The van der Waals surface area contributed by atoms with Gasteiger partial charge >= 0.3 is 0 Å². The molecule has 0 saturated carbocycles. The van der Waals surface area contributed by atoms with Crippen LogP contribution in [0.3, 0.4) is 0 Å². The quantitative estimate of drug-likeness (QED) is 0.634. The van der Waals surface area contributed by atoms with Gasteiger partial charge in [-0.15, -0.1) is 11.6 Å². The number of halogens is 1. The maximum atomic E-state index is 11.0. The standard InChI is InChI=1S/C6H14ClNO2S/c1-6(2,5-7)8(3)11(4,9)10/h5H2,1-4H3. The Labute approximate surface area is 73.4 Å². The van der Waals surface area contributed by atoms with E-state index in [-0.39, 0.29) is 5.88 Å². The molecule has 0 radical (unpaired) electrons. The zero-order chi connectivity index (χ0) is 9.28. The molecular weight excluding hydrogens is 186 g/mol. The highest BCUT2D eigenvalue weighted by molar-refractivity contribution is 7.88. The highest BCUT2D eigenvalue weighted by Crippen LogP contribution is 2.16. The minimum absolute atomic E-state index is 0.288. The molecule has 0 aliphatic carbocycles. The summed E-state index contributed by atoms with van der Waals surface area (Å²) in [5.74, 6) is 0.288.